The Morgan fingerprint density at radius 3 is 1.40 bits per heavy atom. The van der Waals surface area contributed by atoms with Gasteiger partial charge in [0.2, 0.25) is 0 Å². The lowest BCUT2D eigenvalue weighted by Gasteiger charge is -2.22. The number of aromatic nitrogens is 2. The Hall–Kier alpha value is -5.69. The Morgan fingerprint density at radius 2 is 0.929 bits per heavy atom. The summed E-state index contributed by atoms with van der Waals surface area (Å²) in [5.41, 5.74) is 3.61. The van der Waals surface area contributed by atoms with Crippen LogP contribution in [0.5, 0.6) is 0 Å². The smallest absolute Gasteiger partial charge is 0.341 e. The number of ether oxygens (including phenoxy) is 2. The third-order valence-electron chi connectivity index (χ3n) is 7.18. The Bertz CT molecular complexity index is 1980. The summed E-state index contributed by atoms with van der Waals surface area (Å²) in [5.74, 6) is -1.58. The number of benzene rings is 4. The van der Waals surface area contributed by atoms with E-state index in [1.54, 1.807) is 8.97 Å². The molecule has 2 aromatic heterocycles. The van der Waals surface area contributed by atoms with Gasteiger partial charge in [0.1, 0.15) is 16.6 Å². The standard InChI is InChI=1S/C35H26N2O5/c1-41-34(39)27-28(35(40)42-2)32-33(38)36(26-21-13-6-14-22-26)30(24-17-9-4-10-18-24)31(25-19-11-5-12-20-25)37(32)29(27)23-15-7-3-8-16-23/h3-22H,1-2H3. The second kappa shape index (κ2) is 11.1. The number of nitrogens with zero attached hydrogens (tertiary/aromatic N) is 2. The van der Waals surface area contributed by atoms with E-state index in [-0.39, 0.29) is 16.6 Å². The number of hydrogen-bond donors (Lipinski definition) is 0. The average Bonchev–Trinajstić information content (AvgIpc) is 3.42. The molecule has 0 amide bonds. The average molecular weight is 555 g/mol. The van der Waals surface area contributed by atoms with Gasteiger partial charge in [-0.25, -0.2) is 9.59 Å². The number of hydrogen-bond acceptors (Lipinski definition) is 5. The maximum Gasteiger partial charge on any atom is 0.341 e. The van der Waals surface area contributed by atoms with Crippen LogP contribution in [0.3, 0.4) is 0 Å². The lowest BCUT2D eigenvalue weighted by Crippen LogP contribution is -2.25. The first-order valence-electron chi connectivity index (χ1n) is 13.3. The van der Waals surface area contributed by atoms with Crippen LogP contribution in [-0.2, 0) is 9.47 Å². The third-order valence-corrected chi connectivity index (χ3v) is 7.18. The van der Waals surface area contributed by atoms with Gasteiger partial charge < -0.3 is 13.9 Å². The van der Waals surface area contributed by atoms with Gasteiger partial charge in [-0.15, -0.1) is 0 Å². The quantitative estimate of drug-likeness (QED) is 0.215. The predicted molar refractivity (Wildman–Crippen MR) is 162 cm³/mol. The van der Waals surface area contributed by atoms with Crippen LogP contribution in [-0.4, -0.2) is 35.1 Å². The Balaban J connectivity index is 2.00. The number of methoxy groups -OCH3 is 2. The molecule has 0 aliphatic heterocycles. The number of carbonyl (C=O) groups excluding carboxylic acids is 2. The first kappa shape index (κ1) is 26.5. The molecule has 0 N–H and O–H groups in total. The molecule has 42 heavy (non-hydrogen) atoms. The van der Waals surface area contributed by atoms with Crippen LogP contribution in [0.1, 0.15) is 20.7 Å². The van der Waals surface area contributed by atoms with Gasteiger partial charge >= 0.3 is 11.9 Å². The van der Waals surface area contributed by atoms with Crippen molar-refractivity contribution in [1.29, 1.82) is 0 Å². The first-order chi connectivity index (χ1) is 20.6. The SMILES string of the molecule is COC(=O)c1c(C(=O)OC)c2c(=O)n(-c3ccccc3)c(-c3ccccc3)c(-c3ccccc3)n2c1-c1ccccc1. The van der Waals surface area contributed by atoms with E-state index in [1.807, 2.05) is 121 Å². The fourth-order valence-electron chi connectivity index (χ4n) is 5.44. The summed E-state index contributed by atoms with van der Waals surface area (Å²) in [6.45, 7) is 0. The van der Waals surface area contributed by atoms with E-state index in [4.69, 9.17) is 9.47 Å². The minimum absolute atomic E-state index is 0.00323. The third kappa shape index (κ3) is 4.28. The molecule has 6 rings (SSSR count). The van der Waals surface area contributed by atoms with Gasteiger partial charge in [-0.2, -0.15) is 0 Å². The van der Waals surface area contributed by atoms with E-state index in [0.717, 1.165) is 11.1 Å². The molecule has 0 spiro atoms. The summed E-state index contributed by atoms with van der Waals surface area (Å²) in [7, 11) is 2.47. The van der Waals surface area contributed by atoms with Gasteiger partial charge in [0.15, 0.2) is 0 Å². The molecule has 0 saturated heterocycles. The molecular weight excluding hydrogens is 528 g/mol. The summed E-state index contributed by atoms with van der Waals surface area (Å²) in [5, 5.41) is 0. The van der Waals surface area contributed by atoms with E-state index in [9.17, 15) is 14.4 Å². The molecule has 6 aromatic rings. The number of rotatable bonds is 6. The minimum Gasteiger partial charge on any atom is -0.465 e. The van der Waals surface area contributed by atoms with Crippen LogP contribution in [0.15, 0.2) is 126 Å². The fourth-order valence-corrected chi connectivity index (χ4v) is 5.44. The highest BCUT2D eigenvalue weighted by atomic mass is 16.5. The van der Waals surface area contributed by atoms with Crippen molar-refractivity contribution in [1.82, 2.24) is 8.97 Å². The van der Waals surface area contributed by atoms with E-state index >= 15 is 0 Å². The van der Waals surface area contributed by atoms with Crippen molar-refractivity contribution in [3.63, 3.8) is 0 Å². The highest BCUT2D eigenvalue weighted by molar-refractivity contribution is 6.13. The highest BCUT2D eigenvalue weighted by Crippen LogP contribution is 2.40. The van der Waals surface area contributed by atoms with Crippen molar-refractivity contribution in [3.05, 3.63) is 143 Å². The highest BCUT2D eigenvalue weighted by Gasteiger charge is 2.35. The topological polar surface area (TPSA) is 79.0 Å². The van der Waals surface area contributed by atoms with E-state index in [0.29, 0.717) is 28.3 Å². The summed E-state index contributed by atoms with van der Waals surface area (Å²) >= 11 is 0. The van der Waals surface area contributed by atoms with E-state index in [1.165, 1.54) is 14.2 Å². The van der Waals surface area contributed by atoms with Crippen LogP contribution in [0, 0.1) is 0 Å². The number of fused-ring (bicyclic) bond motifs is 1. The molecule has 7 heteroatoms. The maximum atomic E-state index is 14.8. The van der Waals surface area contributed by atoms with Gasteiger partial charge in [-0.05, 0) is 17.7 Å². The largest absolute Gasteiger partial charge is 0.465 e. The van der Waals surface area contributed by atoms with E-state index < -0.39 is 17.5 Å². The predicted octanol–water partition coefficient (Wildman–Crippen LogP) is 6.66. The van der Waals surface area contributed by atoms with Crippen molar-refractivity contribution in [3.8, 4) is 39.5 Å². The van der Waals surface area contributed by atoms with Crippen LogP contribution in [0.25, 0.3) is 45.0 Å². The van der Waals surface area contributed by atoms with Crippen LogP contribution >= 0.6 is 0 Å². The van der Waals surface area contributed by atoms with Gasteiger partial charge in [-0.3, -0.25) is 9.36 Å². The number of para-hydroxylation sites is 1. The molecule has 2 heterocycles. The normalized spacial score (nSPS) is 10.9. The molecule has 0 saturated carbocycles. The maximum absolute atomic E-state index is 14.8. The Morgan fingerprint density at radius 1 is 0.524 bits per heavy atom. The van der Waals surface area contributed by atoms with Crippen molar-refractivity contribution < 1.29 is 19.1 Å². The van der Waals surface area contributed by atoms with E-state index in [2.05, 4.69) is 0 Å². The summed E-state index contributed by atoms with van der Waals surface area (Å²) in [6, 6.07) is 37.6. The first-order valence-corrected chi connectivity index (χ1v) is 13.3. The van der Waals surface area contributed by atoms with Gasteiger partial charge in [0.05, 0.1) is 31.3 Å². The van der Waals surface area contributed by atoms with Crippen LogP contribution in [0.2, 0.25) is 0 Å². The fraction of sp³-hybridized carbons (Fsp3) is 0.0571. The Kier molecular flexibility index (Phi) is 6.98. The second-order valence-corrected chi connectivity index (χ2v) is 9.54. The molecule has 0 radical (unpaired) electrons. The zero-order valence-electron chi connectivity index (χ0n) is 23.0. The molecular formula is C35H26N2O5. The zero-order valence-corrected chi connectivity index (χ0v) is 23.0. The molecule has 0 bridgehead atoms. The molecule has 0 unspecified atom stereocenters. The van der Waals surface area contributed by atoms with Crippen molar-refractivity contribution in [2.45, 2.75) is 0 Å². The number of esters is 2. The molecule has 0 atom stereocenters. The molecule has 4 aromatic carbocycles. The lowest BCUT2D eigenvalue weighted by molar-refractivity contribution is 0.0558. The molecule has 0 fully saturated rings. The van der Waals surface area contributed by atoms with Crippen molar-refractivity contribution >= 4 is 17.5 Å². The Labute approximate surface area is 241 Å². The zero-order chi connectivity index (χ0) is 29.2. The van der Waals surface area contributed by atoms with Crippen LogP contribution < -0.4 is 5.56 Å². The van der Waals surface area contributed by atoms with Gasteiger partial charge in [-0.1, -0.05) is 109 Å². The van der Waals surface area contributed by atoms with Crippen LogP contribution in [0.4, 0.5) is 0 Å². The van der Waals surface area contributed by atoms with Gasteiger partial charge in [0.25, 0.3) is 5.56 Å². The molecule has 206 valence electrons. The summed E-state index contributed by atoms with van der Waals surface area (Å²) in [4.78, 5) is 41.9. The summed E-state index contributed by atoms with van der Waals surface area (Å²) < 4.78 is 13.7. The molecule has 0 aliphatic carbocycles. The van der Waals surface area contributed by atoms with Crippen molar-refractivity contribution in [2.75, 3.05) is 14.2 Å². The molecule has 0 aliphatic rings. The second-order valence-electron chi connectivity index (χ2n) is 9.54. The number of carbonyl (C=O) groups is 2. The summed E-state index contributed by atoms with van der Waals surface area (Å²) in [6.07, 6.45) is 0. The lowest BCUT2D eigenvalue weighted by atomic mass is 10.0. The van der Waals surface area contributed by atoms with Gasteiger partial charge in [0, 0.05) is 16.8 Å². The monoisotopic (exact) mass is 554 g/mol. The van der Waals surface area contributed by atoms with Crippen molar-refractivity contribution in [2.24, 2.45) is 0 Å². The molecule has 7 nitrogen and oxygen atoms in total. The minimum atomic E-state index is -0.821.